The van der Waals surface area contributed by atoms with Gasteiger partial charge in [0.2, 0.25) is 0 Å². The molecule has 3 aromatic rings. The van der Waals surface area contributed by atoms with Crippen molar-refractivity contribution in [1.29, 1.82) is 0 Å². The average molecular weight is 384 g/mol. The first-order valence-electron chi connectivity index (χ1n) is 8.59. The zero-order valence-corrected chi connectivity index (χ0v) is 15.4. The Morgan fingerprint density at radius 3 is 2.78 bits per heavy atom. The first kappa shape index (κ1) is 17.4. The number of amides is 1. The number of anilines is 1. The molecule has 6 nitrogen and oxygen atoms in total. The zero-order valence-electron chi connectivity index (χ0n) is 14.7. The van der Waals surface area contributed by atoms with Gasteiger partial charge in [0.05, 0.1) is 19.1 Å². The lowest BCUT2D eigenvalue weighted by atomic mass is 10.1. The Bertz CT molecular complexity index is 965. The van der Waals surface area contributed by atoms with Crippen molar-refractivity contribution in [3.05, 3.63) is 77.1 Å². The van der Waals surface area contributed by atoms with E-state index in [0.29, 0.717) is 28.7 Å². The van der Waals surface area contributed by atoms with Gasteiger partial charge in [0.15, 0.2) is 0 Å². The fourth-order valence-corrected chi connectivity index (χ4v) is 3.26. The summed E-state index contributed by atoms with van der Waals surface area (Å²) in [5.41, 5.74) is 2.43. The Hall–Kier alpha value is -2.99. The number of hydrogen-bond donors (Lipinski definition) is 1. The van der Waals surface area contributed by atoms with E-state index in [1.165, 1.54) is 5.01 Å². The molecule has 0 aliphatic carbocycles. The quantitative estimate of drug-likeness (QED) is 0.697. The van der Waals surface area contributed by atoms with Crippen molar-refractivity contribution in [2.24, 2.45) is 5.10 Å². The Labute approximate surface area is 161 Å². The van der Waals surface area contributed by atoms with Crippen LogP contribution in [0.3, 0.4) is 0 Å². The molecule has 2 aromatic heterocycles. The van der Waals surface area contributed by atoms with Gasteiger partial charge in [0, 0.05) is 17.1 Å². The smallest absolute Gasteiger partial charge is 0.262 e. The van der Waals surface area contributed by atoms with E-state index in [0.717, 1.165) is 11.3 Å². The molecule has 0 saturated heterocycles. The monoisotopic (exact) mass is 383 g/mol. The van der Waals surface area contributed by atoms with E-state index in [9.17, 15) is 4.79 Å². The molecule has 7 heteroatoms. The van der Waals surface area contributed by atoms with Crippen LogP contribution in [0.1, 0.15) is 29.5 Å². The molecule has 1 N–H and O–H groups in total. The molecule has 0 bridgehead atoms. The summed E-state index contributed by atoms with van der Waals surface area (Å²) in [6.45, 7) is 2.00. The maximum Gasteiger partial charge on any atom is 0.262 e. The molecule has 0 fully saturated rings. The van der Waals surface area contributed by atoms with Crippen LogP contribution in [0.5, 0.6) is 0 Å². The van der Waals surface area contributed by atoms with E-state index in [1.807, 2.05) is 37.3 Å². The molecule has 0 radical (unpaired) electrons. The van der Waals surface area contributed by atoms with Crippen molar-refractivity contribution in [2.75, 3.05) is 11.9 Å². The van der Waals surface area contributed by atoms with E-state index in [2.05, 4.69) is 10.4 Å². The topological polar surface area (TPSA) is 71.0 Å². The summed E-state index contributed by atoms with van der Waals surface area (Å²) in [6.07, 6.45) is 3.72. The second kappa shape index (κ2) is 7.32. The molecule has 1 amide bonds. The highest BCUT2D eigenvalue weighted by Gasteiger charge is 2.35. The number of carbonyl (C=O) groups is 1. The minimum absolute atomic E-state index is 0.0906. The fraction of sp³-hybridized carbons (Fsp3) is 0.200. The van der Waals surface area contributed by atoms with Crippen LogP contribution >= 0.6 is 11.6 Å². The predicted octanol–water partition coefficient (Wildman–Crippen LogP) is 4.62. The summed E-state index contributed by atoms with van der Waals surface area (Å²) in [4.78, 5) is 12.9. The summed E-state index contributed by atoms with van der Waals surface area (Å²) in [5, 5.41) is 9.76. The molecule has 0 saturated carbocycles. The molecule has 1 unspecified atom stereocenters. The van der Waals surface area contributed by atoms with Gasteiger partial charge >= 0.3 is 0 Å². The molecule has 1 aliphatic rings. The highest BCUT2D eigenvalue weighted by molar-refractivity contribution is 6.31. The number of benzene rings is 1. The first-order chi connectivity index (χ1) is 13.1. The molecule has 138 valence electrons. The van der Waals surface area contributed by atoms with Gasteiger partial charge in [0.25, 0.3) is 5.91 Å². The van der Waals surface area contributed by atoms with Gasteiger partial charge in [-0.1, -0.05) is 17.7 Å². The standard InChI is InChI=1S/C20H18ClN3O3/c1-13-14(21)5-2-6-15(13)22-12-20(25)24-17(19-8-4-10-27-19)11-16(23-24)18-7-3-9-26-18/h2-10,17,22H,11-12H2,1H3. The SMILES string of the molecule is Cc1c(Cl)cccc1NCC(=O)N1N=C(c2ccco2)CC1c1ccco1. The molecular formula is C20H18ClN3O3. The third-order valence-electron chi connectivity index (χ3n) is 4.54. The normalized spacial score (nSPS) is 16.4. The van der Waals surface area contributed by atoms with Gasteiger partial charge in [-0.15, -0.1) is 0 Å². The van der Waals surface area contributed by atoms with E-state index in [4.69, 9.17) is 20.4 Å². The minimum atomic E-state index is -0.296. The number of halogens is 1. The number of rotatable bonds is 5. The number of nitrogens with zero attached hydrogens (tertiary/aromatic N) is 2. The van der Waals surface area contributed by atoms with Crippen LogP contribution in [0.25, 0.3) is 0 Å². The van der Waals surface area contributed by atoms with Crippen LogP contribution in [0, 0.1) is 6.92 Å². The van der Waals surface area contributed by atoms with Gasteiger partial charge < -0.3 is 14.2 Å². The van der Waals surface area contributed by atoms with Gasteiger partial charge in [-0.25, -0.2) is 5.01 Å². The Balaban J connectivity index is 1.54. The summed E-state index contributed by atoms with van der Waals surface area (Å²) in [6, 6.07) is 12.5. The van der Waals surface area contributed by atoms with Crippen LogP contribution in [0.4, 0.5) is 5.69 Å². The third kappa shape index (κ3) is 3.48. The third-order valence-corrected chi connectivity index (χ3v) is 4.95. The highest BCUT2D eigenvalue weighted by atomic mass is 35.5. The zero-order chi connectivity index (χ0) is 18.8. The molecular weight excluding hydrogens is 366 g/mol. The second-order valence-electron chi connectivity index (χ2n) is 6.26. The maximum atomic E-state index is 12.9. The van der Waals surface area contributed by atoms with E-state index in [1.54, 1.807) is 24.7 Å². The van der Waals surface area contributed by atoms with Crippen LogP contribution < -0.4 is 5.32 Å². The molecule has 1 atom stereocenters. The number of hydrogen-bond acceptors (Lipinski definition) is 5. The number of nitrogens with one attached hydrogen (secondary N) is 1. The summed E-state index contributed by atoms with van der Waals surface area (Å²) in [7, 11) is 0. The van der Waals surface area contributed by atoms with Gasteiger partial charge in [-0.2, -0.15) is 5.10 Å². The van der Waals surface area contributed by atoms with E-state index in [-0.39, 0.29) is 18.5 Å². The fourth-order valence-electron chi connectivity index (χ4n) is 3.09. The van der Waals surface area contributed by atoms with Gasteiger partial charge in [0.1, 0.15) is 23.3 Å². The van der Waals surface area contributed by atoms with Gasteiger partial charge in [-0.05, 0) is 48.9 Å². The maximum absolute atomic E-state index is 12.9. The molecule has 0 spiro atoms. The van der Waals surface area contributed by atoms with Crippen molar-refractivity contribution >= 4 is 28.9 Å². The molecule has 27 heavy (non-hydrogen) atoms. The molecule has 1 aromatic carbocycles. The Morgan fingerprint density at radius 1 is 1.22 bits per heavy atom. The van der Waals surface area contributed by atoms with Crippen molar-refractivity contribution in [3.8, 4) is 0 Å². The van der Waals surface area contributed by atoms with Crippen LogP contribution in [0.15, 0.2) is 68.9 Å². The van der Waals surface area contributed by atoms with Crippen LogP contribution in [0.2, 0.25) is 5.02 Å². The van der Waals surface area contributed by atoms with E-state index < -0.39 is 0 Å². The number of hydrazone groups is 1. The lowest BCUT2D eigenvalue weighted by Gasteiger charge is -2.20. The Kier molecular flexibility index (Phi) is 4.73. The first-order valence-corrected chi connectivity index (χ1v) is 8.97. The van der Waals surface area contributed by atoms with Crippen molar-refractivity contribution < 1.29 is 13.6 Å². The molecule has 4 rings (SSSR count). The molecule has 3 heterocycles. The minimum Gasteiger partial charge on any atom is -0.467 e. The largest absolute Gasteiger partial charge is 0.467 e. The average Bonchev–Trinajstić information content (AvgIpc) is 3.41. The molecule has 1 aliphatic heterocycles. The lowest BCUT2D eigenvalue weighted by Crippen LogP contribution is -2.32. The van der Waals surface area contributed by atoms with Crippen molar-refractivity contribution in [1.82, 2.24) is 5.01 Å². The lowest BCUT2D eigenvalue weighted by molar-refractivity contribution is -0.131. The number of furan rings is 2. The summed E-state index contributed by atoms with van der Waals surface area (Å²) < 4.78 is 11.0. The van der Waals surface area contributed by atoms with Crippen LogP contribution in [-0.4, -0.2) is 23.2 Å². The highest BCUT2D eigenvalue weighted by Crippen LogP contribution is 2.33. The second-order valence-corrected chi connectivity index (χ2v) is 6.67. The van der Waals surface area contributed by atoms with E-state index >= 15 is 0 Å². The van der Waals surface area contributed by atoms with Crippen LogP contribution in [-0.2, 0) is 4.79 Å². The number of carbonyl (C=O) groups excluding carboxylic acids is 1. The Morgan fingerprint density at radius 2 is 2.04 bits per heavy atom. The summed E-state index contributed by atoms with van der Waals surface area (Å²) >= 11 is 6.14. The summed E-state index contributed by atoms with van der Waals surface area (Å²) in [5.74, 6) is 1.17. The van der Waals surface area contributed by atoms with Gasteiger partial charge in [-0.3, -0.25) is 4.79 Å². The van der Waals surface area contributed by atoms with Crippen molar-refractivity contribution in [3.63, 3.8) is 0 Å². The van der Waals surface area contributed by atoms with Crippen molar-refractivity contribution in [2.45, 2.75) is 19.4 Å². The predicted molar refractivity (Wildman–Crippen MR) is 103 cm³/mol.